The van der Waals surface area contributed by atoms with Crippen LogP contribution in [0.25, 0.3) is 5.69 Å². The van der Waals surface area contributed by atoms with E-state index in [0.717, 1.165) is 30.3 Å². The largest absolute Gasteiger partial charge is 0.366 e. The zero-order valence-corrected chi connectivity index (χ0v) is 15.3. The number of hydrogen-bond donors (Lipinski definition) is 1. The Morgan fingerprint density at radius 1 is 1.26 bits per heavy atom. The van der Waals surface area contributed by atoms with Gasteiger partial charge in [0, 0.05) is 38.1 Å². The van der Waals surface area contributed by atoms with Crippen molar-refractivity contribution in [2.75, 3.05) is 23.3 Å². The van der Waals surface area contributed by atoms with Crippen molar-refractivity contribution in [2.24, 2.45) is 5.92 Å². The van der Waals surface area contributed by atoms with E-state index in [1.807, 2.05) is 12.1 Å². The average molecular weight is 366 g/mol. The number of imidazole rings is 1. The van der Waals surface area contributed by atoms with Crippen LogP contribution in [0.5, 0.6) is 0 Å². The topological polar surface area (TPSA) is 58.9 Å². The van der Waals surface area contributed by atoms with Crippen molar-refractivity contribution in [3.8, 4) is 5.69 Å². The fourth-order valence-corrected chi connectivity index (χ4v) is 3.48. The van der Waals surface area contributed by atoms with Gasteiger partial charge in [0.25, 0.3) is 0 Å². The summed E-state index contributed by atoms with van der Waals surface area (Å²) in [5.41, 5.74) is 1.34. The van der Waals surface area contributed by atoms with Crippen LogP contribution in [-0.2, 0) is 6.54 Å². The second-order valence-electron chi connectivity index (χ2n) is 7.06. The summed E-state index contributed by atoms with van der Waals surface area (Å²) in [4.78, 5) is 15.0. The highest BCUT2D eigenvalue weighted by Gasteiger charge is 2.17. The van der Waals surface area contributed by atoms with Crippen LogP contribution in [0.3, 0.4) is 0 Å². The minimum Gasteiger partial charge on any atom is -0.366 e. The maximum atomic E-state index is 14.4. The van der Waals surface area contributed by atoms with Crippen molar-refractivity contribution in [3.63, 3.8) is 0 Å². The number of halogens is 1. The van der Waals surface area contributed by atoms with E-state index < -0.39 is 0 Å². The maximum absolute atomic E-state index is 14.4. The first-order valence-electron chi connectivity index (χ1n) is 9.26. The van der Waals surface area contributed by atoms with Gasteiger partial charge in [-0.1, -0.05) is 13.0 Å². The molecule has 0 amide bonds. The molecule has 140 valence electrons. The summed E-state index contributed by atoms with van der Waals surface area (Å²) in [6.07, 6.45) is 8.98. The second-order valence-corrected chi connectivity index (χ2v) is 7.06. The van der Waals surface area contributed by atoms with E-state index in [1.165, 1.54) is 18.9 Å². The molecule has 6 nitrogen and oxygen atoms in total. The van der Waals surface area contributed by atoms with Gasteiger partial charge in [0.1, 0.15) is 23.8 Å². The fraction of sp³-hybridized carbons (Fsp3) is 0.350. The van der Waals surface area contributed by atoms with Gasteiger partial charge in [-0.3, -0.25) is 0 Å². The van der Waals surface area contributed by atoms with Crippen LogP contribution < -0.4 is 10.2 Å². The molecule has 1 unspecified atom stereocenters. The summed E-state index contributed by atoms with van der Waals surface area (Å²) in [7, 11) is 0. The molecule has 4 rings (SSSR count). The molecular formula is C20H23FN6. The molecule has 0 spiro atoms. The molecule has 0 radical (unpaired) electrons. The van der Waals surface area contributed by atoms with Gasteiger partial charge in [0.05, 0.1) is 12.0 Å². The Kier molecular flexibility index (Phi) is 5.00. The van der Waals surface area contributed by atoms with Crippen LogP contribution in [0.4, 0.5) is 16.0 Å². The molecule has 7 heteroatoms. The lowest BCUT2D eigenvalue weighted by molar-refractivity contribution is 0.444. The Morgan fingerprint density at radius 2 is 2.19 bits per heavy atom. The summed E-state index contributed by atoms with van der Waals surface area (Å²) in [6.45, 7) is 4.82. The number of aromatic nitrogens is 4. The number of piperidine rings is 1. The molecule has 0 bridgehead atoms. The molecule has 1 aliphatic rings. The van der Waals surface area contributed by atoms with Gasteiger partial charge < -0.3 is 14.8 Å². The van der Waals surface area contributed by atoms with Crippen molar-refractivity contribution in [2.45, 2.75) is 26.3 Å². The molecule has 1 aliphatic heterocycles. The summed E-state index contributed by atoms with van der Waals surface area (Å²) in [6, 6.07) is 7.17. The highest BCUT2D eigenvalue weighted by Crippen LogP contribution is 2.22. The number of nitrogens with one attached hydrogen (secondary N) is 1. The zero-order chi connectivity index (χ0) is 18.6. The zero-order valence-electron chi connectivity index (χ0n) is 15.3. The Hall–Kier alpha value is -2.96. The molecular weight excluding hydrogens is 343 g/mol. The smallest absolute Gasteiger partial charge is 0.147 e. The van der Waals surface area contributed by atoms with Gasteiger partial charge in [-0.15, -0.1) is 0 Å². The molecule has 0 saturated carbocycles. The molecule has 3 heterocycles. The van der Waals surface area contributed by atoms with E-state index in [-0.39, 0.29) is 5.82 Å². The molecule has 2 aromatic heterocycles. The normalized spacial score (nSPS) is 17.1. The van der Waals surface area contributed by atoms with Crippen LogP contribution in [0.1, 0.15) is 25.3 Å². The number of rotatable bonds is 5. The Bertz CT molecular complexity index is 895. The molecule has 1 saturated heterocycles. The SMILES string of the molecule is CC1CCCN(c2cc(NCc3ccc(-n4ccnc4)c(F)c3)ncn2)C1. The predicted molar refractivity (Wildman–Crippen MR) is 103 cm³/mol. The van der Waals surface area contributed by atoms with E-state index in [9.17, 15) is 4.39 Å². The Balaban J connectivity index is 1.43. The third kappa shape index (κ3) is 4.07. The van der Waals surface area contributed by atoms with Gasteiger partial charge >= 0.3 is 0 Å². The van der Waals surface area contributed by atoms with E-state index in [4.69, 9.17) is 0 Å². The average Bonchev–Trinajstić information content (AvgIpc) is 3.21. The van der Waals surface area contributed by atoms with Gasteiger partial charge in [-0.2, -0.15) is 0 Å². The molecule has 1 aromatic carbocycles. The summed E-state index contributed by atoms with van der Waals surface area (Å²) < 4.78 is 16.0. The van der Waals surface area contributed by atoms with E-state index in [0.29, 0.717) is 18.2 Å². The van der Waals surface area contributed by atoms with E-state index in [1.54, 1.807) is 35.7 Å². The number of anilines is 2. The van der Waals surface area contributed by atoms with E-state index >= 15 is 0 Å². The third-order valence-corrected chi connectivity index (χ3v) is 4.90. The van der Waals surface area contributed by atoms with Crippen LogP contribution in [-0.4, -0.2) is 32.6 Å². The summed E-state index contributed by atoms with van der Waals surface area (Å²) in [5, 5.41) is 3.27. The quantitative estimate of drug-likeness (QED) is 0.747. The third-order valence-electron chi connectivity index (χ3n) is 4.90. The first-order chi connectivity index (χ1) is 13.2. The standard InChI is InChI=1S/C20H23FN6/c1-15-3-2-7-26(12-15)20-10-19(24-13-25-20)23-11-16-4-5-18(17(21)9-16)27-8-6-22-14-27/h4-6,8-10,13-15H,2-3,7,11-12H2,1H3,(H,23,24,25). The Labute approximate surface area is 158 Å². The monoisotopic (exact) mass is 366 g/mol. The van der Waals surface area contributed by atoms with Gasteiger partial charge in [0.2, 0.25) is 0 Å². The number of nitrogens with zero attached hydrogens (tertiary/aromatic N) is 5. The highest BCUT2D eigenvalue weighted by atomic mass is 19.1. The van der Waals surface area contributed by atoms with Crippen LogP contribution in [0, 0.1) is 11.7 Å². The van der Waals surface area contributed by atoms with Crippen molar-refractivity contribution < 1.29 is 4.39 Å². The van der Waals surface area contributed by atoms with Gasteiger partial charge in [0.15, 0.2) is 0 Å². The lowest BCUT2D eigenvalue weighted by Crippen LogP contribution is -2.34. The predicted octanol–water partition coefficient (Wildman–Crippen LogP) is 3.65. The first-order valence-corrected chi connectivity index (χ1v) is 9.26. The first kappa shape index (κ1) is 17.5. The van der Waals surface area contributed by atoms with Crippen LogP contribution in [0.2, 0.25) is 0 Å². The fourth-order valence-electron chi connectivity index (χ4n) is 3.48. The maximum Gasteiger partial charge on any atom is 0.147 e. The van der Waals surface area contributed by atoms with Gasteiger partial charge in [-0.25, -0.2) is 19.3 Å². The lowest BCUT2D eigenvalue weighted by Gasteiger charge is -2.31. The summed E-state index contributed by atoms with van der Waals surface area (Å²) >= 11 is 0. The molecule has 1 N–H and O–H groups in total. The molecule has 3 aromatic rings. The molecule has 27 heavy (non-hydrogen) atoms. The summed E-state index contributed by atoms with van der Waals surface area (Å²) in [5.74, 6) is 2.10. The Morgan fingerprint density at radius 3 is 2.96 bits per heavy atom. The van der Waals surface area contributed by atoms with Crippen molar-refractivity contribution in [3.05, 3.63) is 60.7 Å². The van der Waals surface area contributed by atoms with Crippen molar-refractivity contribution in [1.29, 1.82) is 0 Å². The number of benzene rings is 1. The van der Waals surface area contributed by atoms with E-state index in [2.05, 4.69) is 32.1 Å². The lowest BCUT2D eigenvalue weighted by atomic mass is 10.0. The minimum atomic E-state index is -0.280. The van der Waals surface area contributed by atoms with Crippen LogP contribution >= 0.6 is 0 Å². The second kappa shape index (κ2) is 7.73. The molecule has 1 atom stereocenters. The molecule has 0 aliphatic carbocycles. The van der Waals surface area contributed by atoms with Gasteiger partial charge in [-0.05, 0) is 36.5 Å². The minimum absolute atomic E-state index is 0.280. The van der Waals surface area contributed by atoms with Crippen molar-refractivity contribution >= 4 is 11.6 Å². The highest BCUT2D eigenvalue weighted by molar-refractivity contribution is 5.49. The molecule has 1 fully saturated rings. The van der Waals surface area contributed by atoms with Crippen molar-refractivity contribution in [1.82, 2.24) is 19.5 Å². The van der Waals surface area contributed by atoms with Crippen LogP contribution in [0.15, 0.2) is 49.3 Å². The number of hydrogen-bond acceptors (Lipinski definition) is 5.